The second kappa shape index (κ2) is 12.4. The molecule has 2 nitrogen and oxygen atoms in total. The molecule has 0 spiro atoms. The summed E-state index contributed by atoms with van der Waals surface area (Å²) >= 11 is 0. The molecule has 3 heteroatoms. The predicted molar refractivity (Wildman–Crippen MR) is 91.5 cm³/mol. The number of nitrogens with zero attached hydrogens (tertiary/aromatic N) is 1. The summed E-state index contributed by atoms with van der Waals surface area (Å²) < 4.78 is 0. The fourth-order valence-corrected chi connectivity index (χ4v) is 2.75. The zero-order valence-electron chi connectivity index (χ0n) is 14.9. The number of carbonyl (C=O) groups is 1. The van der Waals surface area contributed by atoms with Crippen LogP contribution in [-0.4, -0.2) is 39.7 Å². The Morgan fingerprint density at radius 3 is 2.25 bits per heavy atom. The summed E-state index contributed by atoms with van der Waals surface area (Å²) in [6.45, 7) is 11.2. The summed E-state index contributed by atoms with van der Waals surface area (Å²) in [5.74, 6) is 0.697. The maximum atomic E-state index is 11.1. The summed E-state index contributed by atoms with van der Waals surface area (Å²) in [5, 5.41) is -0.0747. The van der Waals surface area contributed by atoms with Crippen LogP contribution in [0.15, 0.2) is 0 Å². The Kier molecular flexibility index (Phi) is 13.7. The topological polar surface area (TPSA) is 20.3 Å². The van der Waals surface area contributed by atoms with E-state index in [2.05, 4.69) is 25.9 Å². The number of hydrogen-bond donors (Lipinski definition) is 0. The van der Waals surface area contributed by atoms with Crippen molar-refractivity contribution in [1.82, 2.24) is 4.90 Å². The van der Waals surface area contributed by atoms with Gasteiger partial charge in [0, 0.05) is 5.92 Å². The van der Waals surface area contributed by atoms with Gasteiger partial charge >= 0.3 is 0 Å². The third-order valence-corrected chi connectivity index (χ3v) is 3.74. The van der Waals surface area contributed by atoms with Crippen molar-refractivity contribution in [3.63, 3.8) is 0 Å². The van der Waals surface area contributed by atoms with E-state index in [0.717, 1.165) is 44.9 Å². The van der Waals surface area contributed by atoms with Gasteiger partial charge in [-0.15, -0.1) is 0 Å². The minimum atomic E-state index is -0.0747. The van der Waals surface area contributed by atoms with Crippen molar-refractivity contribution in [1.29, 1.82) is 0 Å². The molecular weight excluding hydrogens is 245 g/mol. The molecule has 1 aliphatic rings. The van der Waals surface area contributed by atoms with E-state index in [9.17, 15) is 4.79 Å². The van der Waals surface area contributed by atoms with Gasteiger partial charge in [0.25, 0.3) is 0 Å². The third kappa shape index (κ3) is 9.58. The predicted octanol–water partition coefficient (Wildman–Crippen LogP) is 4.34. The van der Waals surface area contributed by atoms with Crippen LogP contribution < -0.4 is 0 Å². The van der Waals surface area contributed by atoms with E-state index < -0.39 is 0 Å². The first kappa shape index (κ1) is 22.0. The molecule has 0 heterocycles. The molecule has 0 bridgehead atoms. The summed E-state index contributed by atoms with van der Waals surface area (Å²) in [4.78, 5) is 13.3. The molecule has 118 valence electrons. The Morgan fingerprint density at radius 2 is 1.80 bits per heavy atom. The first-order valence-electron chi connectivity index (χ1n) is 8.33. The van der Waals surface area contributed by atoms with Crippen molar-refractivity contribution in [3.05, 3.63) is 0 Å². The van der Waals surface area contributed by atoms with Gasteiger partial charge in [0.05, 0.1) is 7.85 Å². The lowest BCUT2D eigenvalue weighted by Gasteiger charge is -2.29. The fourth-order valence-electron chi connectivity index (χ4n) is 2.75. The average Bonchev–Trinajstić information content (AvgIpc) is 2.58. The molecule has 1 rings (SSSR count). The van der Waals surface area contributed by atoms with E-state index in [0.29, 0.717) is 5.92 Å². The fraction of sp³-hybridized carbons (Fsp3) is 0.941. The highest BCUT2D eigenvalue weighted by molar-refractivity contribution is 6.14. The molecule has 0 N–H and O–H groups in total. The average molecular weight is 281 g/mol. The van der Waals surface area contributed by atoms with Crippen LogP contribution in [0.2, 0.25) is 5.31 Å². The maximum absolute atomic E-state index is 11.1. The molecule has 2 radical (unpaired) electrons. The molecule has 0 aromatic carbocycles. The van der Waals surface area contributed by atoms with Crippen molar-refractivity contribution in [2.45, 2.75) is 72.0 Å². The number of hydrogen-bond acceptors (Lipinski definition) is 2. The first-order valence-corrected chi connectivity index (χ1v) is 8.33. The van der Waals surface area contributed by atoms with Gasteiger partial charge in [-0.1, -0.05) is 59.2 Å². The SMILES string of the molecule is CC.CC.[B]C1(C)CCCC(C=O)C(CCN(C)C)C1. The van der Waals surface area contributed by atoms with Crippen LogP contribution in [0.3, 0.4) is 0 Å². The zero-order valence-corrected chi connectivity index (χ0v) is 14.9. The summed E-state index contributed by atoms with van der Waals surface area (Å²) in [7, 11) is 10.4. The van der Waals surface area contributed by atoms with Gasteiger partial charge in [-0.25, -0.2) is 0 Å². The van der Waals surface area contributed by atoms with Crippen LogP contribution in [0.4, 0.5) is 0 Å². The van der Waals surface area contributed by atoms with Gasteiger partial charge < -0.3 is 9.69 Å². The van der Waals surface area contributed by atoms with E-state index in [1.54, 1.807) is 0 Å². The molecule has 20 heavy (non-hydrogen) atoms. The Balaban J connectivity index is 0. The van der Waals surface area contributed by atoms with Gasteiger partial charge in [0.1, 0.15) is 6.29 Å². The summed E-state index contributed by atoms with van der Waals surface area (Å²) in [6, 6.07) is 0. The Hall–Kier alpha value is -0.305. The van der Waals surface area contributed by atoms with E-state index in [1.807, 2.05) is 27.7 Å². The lowest BCUT2D eigenvalue weighted by Crippen LogP contribution is -2.24. The Morgan fingerprint density at radius 1 is 1.25 bits per heavy atom. The Bertz CT molecular complexity index is 229. The van der Waals surface area contributed by atoms with Crippen LogP contribution in [0.25, 0.3) is 0 Å². The smallest absolute Gasteiger partial charge is 0.123 e. The second-order valence-corrected chi connectivity index (χ2v) is 5.90. The highest BCUT2D eigenvalue weighted by atomic mass is 16.1. The monoisotopic (exact) mass is 281 g/mol. The van der Waals surface area contributed by atoms with Crippen LogP contribution in [0.1, 0.15) is 66.7 Å². The van der Waals surface area contributed by atoms with Crippen LogP contribution in [-0.2, 0) is 4.79 Å². The molecule has 0 aromatic heterocycles. The van der Waals surface area contributed by atoms with E-state index in [1.165, 1.54) is 0 Å². The van der Waals surface area contributed by atoms with Crippen LogP contribution >= 0.6 is 0 Å². The van der Waals surface area contributed by atoms with Crippen LogP contribution in [0, 0.1) is 11.8 Å². The van der Waals surface area contributed by atoms with Crippen molar-refractivity contribution >= 4 is 14.1 Å². The number of carbonyl (C=O) groups excluding carboxylic acids is 1. The molecule has 3 unspecified atom stereocenters. The minimum absolute atomic E-state index is 0.0747. The van der Waals surface area contributed by atoms with Gasteiger partial charge in [0.15, 0.2) is 0 Å². The standard InChI is InChI=1S/C13H24BNO.2C2H6/c1-13(14)7-4-5-12(10-16)11(9-13)6-8-15(2)3;2*1-2/h10-12H,4-9H2,1-3H3;2*1-2H3. The zero-order chi connectivity index (χ0) is 16.2. The lowest BCUT2D eigenvalue weighted by molar-refractivity contribution is -0.112. The number of rotatable bonds is 4. The summed E-state index contributed by atoms with van der Waals surface area (Å²) in [6.07, 6.45) is 6.40. The van der Waals surface area contributed by atoms with Crippen molar-refractivity contribution in [2.24, 2.45) is 11.8 Å². The second-order valence-electron chi connectivity index (χ2n) is 5.90. The summed E-state index contributed by atoms with van der Waals surface area (Å²) in [5.41, 5.74) is 0. The lowest BCUT2D eigenvalue weighted by atomic mass is 9.63. The largest absolute Gasteiger partial charge is 0.309 e. The van der Waals surface area contributed by atoms with Gasteiger partial charge in [-0.2, -0.15) is 0 Å². The minimum Gasteiger partial charge on any atom is -0.309 e. The van der Waals surface area contributed by atoms with Crippen LogP contribution in [0.5, 0.6) is 0 Å². The quantitative estimate of drug-likeness (QED) is 0.434. The third-order valence-electron chi connectivity index (χ3n) is 3.74. The molecule has 3 atom stereocenters. The maximum Gasteiger partial charge on any atom is 0.123 e. The molecule has 1 saturated carbocycles. The van der Waals surface area contributed by atoms with Crippen molar-refractivity contribution in [2.75, 3.05) is 20.6 Å². The molecule has 0 amide bonds. The number of aldehydes is 1. The van der Waals surface area contributed by atoms with E-state index in [-0.39, 0.29) is 11.2 Å². The van der Waals surface area contributed by atoms with E-state index in [4.69, 9.17) is 7.85 Å². The molecule has 1 aliphatic carbocycles. The van der Waals surface area contributed by atoms with Crippen molar-refractivity contribution in [3.8, 4) is 0 Å². The van der Waals surface area contributed by atoms with Crippen molar-refractivity contribution < 1.29 is 4.79 Å². The highest BCUT2D eigenvalue weighted by Crippen LogP contribution is 2.43. The molecule has 1 fully saturated rings. The molecule has 0 saturated heterocycles. The molecule has 0 aromatic rings. The van der Waals surface area contributed by atoms with E-state index >= 15 is 0 Å². The highest BCUT2D eigenvalue weighted by Gasteiger charge is 2.31. The van der Waals surface area contributed by atoms with Gasteiger partial charge in [0.2, 0.25) is 0 Å². The van der Waals surface area contributed by atoms with Gasteiger partial charge in [-0.3, -0.25) is 0 Å². The Labute approximate surface area is 129 Å². The normalized spacial score (nSPS) is 29.4. The molecule has 0 aliphatic heterocycles. The molecular formula is C17H36BNO. The van der Waals surface area contributed by atoms with Gasteiger partial charge in [-0.05, 0) is 39.4 Å². The first-order chi connectivity index (χ1) is 9.44.